The summed E-state index contributed by atoms with van der Waals surface area (Å²) in [6.45, 7) is 6.99. The first-order valence-corrected chi connectivity index (χ1v) is 34.2. The van der Waals surface area contributed by atoms with E-state index in [0.717, 1.165) is 21.6 Å². The number of imide groups is 1. The number of ketones is 3. The molecule has 516 valence electrons. The standard InChI is InChI=1S/C65H87N11O17S2/c1-8-33(4)58-62(91)68-27-54(85)70-45-31-95-63-42(40-11-9-10-12-43(40)72-63)23-44(61(90)67-28-55(86)74-58)71-60(89)41(35(6)50(82)30-77)24-48(80)46-22-39(78)29-76(46)64(92)37(20-47(45)79)21-53(84)66-26-36-13-15-38(16-14-36)69-59(88)34(5)19-49(81)57(32(2)3)73-52(83)17-18-75-56(87)25-51(94-7)65(75)93/h9-16,32-35,37,39,41,44-46,50-51,57-58,72,77-78,82H,8,17-31H2,1-7H3,(H,66,84)(H,67,90)(H,68,91)(H,69,88)(H,70,85)(H,71,89)(H,73,83)(H,74,86)/t33-,34+,35+,37-,39?,41-,44?,45?,46-,50-,51?,57?,58-/m0/s1. The fourth-order valence-corrected chi connectivity index (χ4v) is 13.8. The number of benzene rings is 2. The van der Waals surface area contributed by atoms with Gasteiger partial charge in [-0.05, 0) is 53.3 Å². The highest BCUT2D eigenvalue weighted by Crippen LogP contribution is 2.34. The van der Waals surface area contributed by atoms with Gasteiger partial charge in [-0.1, -0.05) is 78.3 Å². The molecule has 1 aromatic heterocycles. The van der Waals surface area contributed by atoms with Gasteiger partial charge in [-0.3, -0.25) is 72.0 Å². The summed E-state index contributed by atoms with van der Waals surface area (Å²) in [6.07, 6.45) is -3.86. The van der Waals surface area contributed by atoms with E-state index in [9.17, 15) is 72.9 Å². The van der Waals surface area contributed by atoms with Crippen LogP contribution in [-0.2, 0) is 80.1 Å². The number of H-pyrrole nitrogens is 1. The van der Waals surface area contributed by atoms with Gasteiger partial charge in [0.1, 0.15) is 12.1 Å². The van der Waals surface area contributed by atoms with Crippen LogP contribution in [0.4, 0.5) is 5.69 Å². The lowest BCUT2D eigenvalue weighted by Crippen LogP contribution is -2.56. The summed E-state index contributed by atoms with van der Waals surface area (Å²) in [5, 5.41) is 54.1. The van der Waals surface area contributed by atoms with Gasteiger partial charge in [-0.15, -0.1) is 11.8 Å². The van der Waals surface area contributed by atoms with Crippen LogP contribution in [-0.4, -0.2) is 205 Å². The van der Waals surface area contributed by atoms with E-state index >= 15 is 9.59 Å². The van der Waals surface area contributed by atoms with Gasteiger partial charge in [0, 0.05) is 105 Å². The minimum atomic E-state index is -1.58. The molecule has 2 aromatic carbocycles. The van der Waals surface area contributed by atoms with Crippen molar-refractivity contribution in [2.75, 3.05) is 50.1 Å². The van der Waals surface area contributed by atoms with Gasteiger partial charge in [-0.25, -0.2) is 0 Å². The summed E-state index contributed by atoms with van der Waals surface area (Å²) in [5.74, 6) is -15.7. The molecule has 0 saturated carbocycles. The lowest BCUT2D eigenvalue weighted by Gasteiger charge is -2.31. The zero-order valence-corrected chi connectivity index (χ0v) is 55.9. The van der Waals surface area contributed by atoms with Crippen molar-refractivity contribution in [3.05, 3.63) is 59.7 Å². The summed E-state index contributed by atoms with van der Waals surface area (Å²) < 4.78 is 0. The first-order chi connectivity index (χ1) is 45.1. The van der Waals surface area contributed by atoms with E-state index in [-0.39, 0.29) is 68.7 Å². The van der Waals surface area contributed by atoms with E-state index < -0.39 is 193 Å². The Morgan fingerprint density at radius 2 is 1.46 bits per heavy atom. The number of Topliss-reactive ketones (excluding diaryl/α,β-unsaturated/α-hetero) is 3. The molecule has 4 aliphatic rings. The Hall–Kier alpha value is -8.06. The average molecular weight is 1360 g/mol. The first-order valence-electron chi connectivity index (χ1n) is 32.0. The number of thioether (sulfide) groups is 2. The second-order valence-electron chi connectivity index (χ2n) is 25.3. The maximum atomic E-state index is 15.1. The number of nitrogens with one attached hydrogen (secondary N) is 9. The summed E-state index contributed by atoms with van der Waals surface area (Å²) >= 11 is 2.30. The van der Waals surface area contributed by atoms with Crippen molar-refractivity contribution in [2.45, 2.75) is 159 Å². The topological polar surface area (TPSA) is 418 Å². The minimum absolute atomic E-state index is 0.0542. The number of aromatic nitrogens is 1. The van der Waals surface area contributed by atoms with Crippen LogP contribution >= 0.6 is 23.5 Å². The summed E-state index contributed by atoms with van der Waals surface area (Å²) in [4.78, 5) is 200. The van der Waals surface area contributed by atoms with Crippen molar-refractivity contribution in [3.63, 3.8) is 0 Å². The minimum Gasteiger partial charge on any atom is -0.394 e. The molecular formula is C65H87N11O17S2. The molecule has 0 radical (unpaired) electrons. The highest BCUT2D eigenvalue weighted by atomic mass is 32.2. The van der Waals surface area contributed by atoms with Crippen molar-refractivity contribution in [1.29, 1.82) is 0 Å². The van der Waals surface area contributed by atoms with Crippen molar-refractivity contribution < 1.29 is 82.4 Å². The largest absolute Gasteiger partial charge is 0.394 e. The quantitative estimate of drug-likeness (QED) is 0.0659. The second kappa shape index (κ2) is 34.1. The van der Waals surface area contributed by atoms with Crippen LogP contribution in [0.3, 0.4) is 0 Å². The zero-order chi connectivity index (χ0) is 69.5. The molecule has 30 heteroatoms. The summed E-state index contributed by atoms with van der Waals surface area (Å²) in [5.41, 5.74) is 1.87. The molecule has 2 fully saturated rings. The van der Waals surface area contributed by atoms with Crippen LogP contribution in [0.5, 0.6) is 0 Å². The van der Waals surface area contributed by atoms with Crippen LogP contribution < -0.4 is 42.5 Å². The highest BCUT2D eigenvalue weighted by molar-refractivity contribution is 8.00. The number of nitrogens with zero attached hydrogens (tertiary/aromatic N) is 2. The fraction of sp³-hybridized carbons (Fsp3) is 0.569. The Morgan fingerprint density at radius 1 is 0.779 bits per heavy atom. The first kappa shape index (κ1) is 74.3. The van der Waals surface area contributed by atoms with Crippen LogP contribution in [0.15, 0.2) is 53.6 Å². The van der Waals surface area contributed by atoms with Gasteiger partial charge < -0.3 is 67.7 Å². The van der Waals surface area contributed by atoms with Crippen LogP contribution in [0.2, 0.25) is 0 Å². The van der Waals surface area contributed by atoms with Crippen LogP contribution in [0.1, 0.15) is 104 Å². The average Bonchev–Trinajstić information content (AvgIpc) is 1.77. The Bertz CT molecular complexity index is 3400. The van der Waals surface area contributed by atoms with Crippen molar-refractivity contribution >= 4 is 122 Å². The number of aliphatic hydroxyl groups is 3. The molecule has 0 aliphatic carbocycles. The molecule has 2 bridgehead atoms. The van der Waals surface area contributed by atoms with Gasteiger partial charge in [0.2, 0.25) is 65.0 Å². The van der Waals surface area contributed by atoms with Gasteiger partial charge >= 0.3 is 0 Å². The number of hydrogen-bond donors (Lipinski definition) is 12. The molecule has 5 heterocycles. The molecule has 0 spiro atoms. The Balaban J connectivity index is 1.13. The number of anilines is 1. The van der Waals surface area contributed by atoms with Crippen LogP contribution in [0, 0.1) is 35.5 Å². The molecule has 13 atom stereocenters. The molecule has 3 aromatic rings. The number of likely N-dealkylation sites (tertiary alicyclic amines) is 1. The van der Waals surface area contributed by atoms with Crippen molar-refractivity contribution in [2.24, 2.45) is 35.5 Å². The second-order valence-corrected chi connectivity index (χ2v) is 27.4. The molecular weight excluding hydrogens is 1270 g/mol. The number of fused-ring (bicyclic) bond motifs is 5. The molecule has 28 nitrogen and oxygen atoms in total. The summed E-state index contributed by atoms with van der Waals surface area (Å²) in [7, 11) is 0. The van der Waals surface area contributed by atoms with E-state index in [2.05, 4.69) is 47.5 Å². The van der Waals surface area contributed by atoms with E-state index in [4.69, 9.17) is 0 Å². The SMILES string of the molecule is CC[C@H](C)[C@@H]1NC(=O)CNC(=O)C2Cc3c([nH]c4ccccc34)SCC(NC(=O)CNC1=O)C(=O)C[C@@H](CC(=O)NCc1ccc(NC(=O)[C@H](C)CC(=O)C(NC(=O)CCN3C(=O)CC(SC)C3=O)C(C)C)cc1)C(=O)N1CC(O)C[C@H]1C(=O)C[C@@H]([C@@H](C)[C@@H](O)CO)C(=O)N2. The third-order valence-electron chi connectivity index (χ3n) is 18.0. The number of rotatable bonds is 20. The van der Waals surface area contributed by atoms with E-state index in [0.29, 0.717) is 39.2 Å². The molecule has 12 N–H and O–H groups in total. The Morgan fingerprint density at radius 3 is 2.13 bits per heavy atom. The predicted octanol–water partition coefficient (Wildman–Crippen LogP) is -0.0738. The van der Waals surface area contributed by atoms with Gasteiger partial charge in [-0.2, -0.15) is 11.8 Å². The number of para-hydroxylation sites is 1. The molecule has 11 amide bonds. The summed E-state index contributed by atoms with van der Waals surface area (Å²) in [6, 6.07) is 6.68. The van der Waals surface area contributed by atoms with Crippen molar-refractivity contribution in [1.82, 2.24) is 52.0 Å². The van der Waals surface area contributed by atoms with Gasteiger partial charge in [0.25, 0.3) is 0 Å². The molecule has 2 saturated heterocycles. The van der Waals surface area contributed by atoms with E-state index in [1.807, 2.05) is 0 Å². The van der Waals surface area contributed by atoms with Crippen molar-refractivity contribution in [3.8, 4) is 0 Å². The number of carbonyl (C=O) groups is 14. The predicted molar refractivity (Wildman–Crippen MR) is 349 cm³/mol. The van der Waals surface area contributed by atoms with Gasteiger partial charge in [0.05, 0.1) is 66.2 Å². The maximum Gasteiger partial charge on any atom is 0.243 e. The Labute approximate surface area is 558 Å². The number of carbonyl (C=O) groups excluding carboxylic acids is 14. The van der Waals surface area contributed by atoms with Crippen LogP contribution in [0.25, 0.3) is 10.9 Å². The lowest BCUT2D eigenvalue weighted by molar-refractivity contribution is -0.145. The Kier molecular flexibility index (Phi) is 26.6. The van der Waals surface area contributed by atoms with E-state index in [1.54, 1.807) is 89.4 Å². The highest BCUT2D eigenvalue weighted by Gasteiger charge is 2.46. The number of aromatic amines is 1. The smallest absolute Gasteiger partial charge is 0.243 e. The maximum absolute atomic E-state index is 15.1. The molecule has 95 heavy (non-hydrogen) atoms. The fourth-order valence-electron chi connectivity index (χ4n) is 12.0. The zero-order valence-electron chi connectivity index (χ0n) is 54.3. The van der Waals surface area contributed by atoms with E-state index in [1.165, 1.54) is 18.7 Å². The third-order valence-corrected chi connectivity index (χ3v) is 20.1. The van der Waals surface area contributed by atoms with Gasteiger partial charge in [0.15, 0.2) is 17.3 Å². The number of aliphatic hydroxyl groups excluding tert-OH is 3. The number of amides is 11. The normalized spacial score (nSPS) is 24.7. The lowest BCUT2D eigenvalue weighted by atomic mass is 9.83. The molecule has 5 unspecified atom stereocenters. The molecule has 4 aliphatic heterocycles. The third kappa shape index (κ3) is 19.6. The number of hydrogen-bond acceptors (Lipinski definition) is 19. The monoisotopic (exact) mass is 1360 g/mol. The molecule has 7 rings (SSSR count).